The number of nitrogens with one attached hydrogen (secondary N) is 3. The van der Waals surface area contributed by atoms with E-state index in [1.807, 2.05) is 41.8 Å². The third-order valence-corrected chi connectivity index (χ3v) is 12.1. The van der Waals surface area contributed by atoms with Gasteiger partial charge >= 0.3 is 0 Å². The number of aliphatic imine (C=N–C) groups is 1. The first-order valence-corrected chi connectivity index (χ1v) is 18.4. The molecule has 8 rings (SSSR count). The largest absolute Gasteiger partial charge is 0.350 e. The highest BCUT2D eigenvalue weighted by molar-refractivity contribution is 6.35. The molecule has 2 aromatic carbocycles. The molecule has 3 aliphatic carbocycles. The monoisotopic (exact) mass is 720 g/mol. The molecule has 2 aliphatic heterocycles. The summed E-state index contributed by atoms with van der Waals surface area (Å²) < 4.78 is 1.64. The van der Waals surface area contributed by atoms with E-state index in [2.05, 4.69) is 36.7 Å². The smallest absolute Gasteiger partial charge is 0.262 e. The molecule has 2 saturated heterocycles. The van der Waals surface area contributed by atoms with Gasteiger partial charge in [0.1, 0.15) is 0 Å². The third kappa shape index (κ3) is 6.66. The number of aryl methyl sites for hydroxylation is 1. The number of hydrogen-bond acceptors (Lipinski definition) is 6. The van der Waals surface area contributed by atoms with Crippen molar-refractivity contribution in [1.82, 2.24) is 25.1 Å². The van der Waals surface area contributed by atoms with Gasteiger partial charge in [-0.15, -0.1) is 0 Å². The van der Waals surface area contributed by atoms with Gasteiger partial charge in [-0.25, -0.2) is 9.98 Å². The SMILES string of the molecule is C[C@@H]1C(/N=C(/Nc2ccc3c(=O)n(CCc4ccc(Cl)cc4Cl)c(N4CC(=O)N[C@@H](C)C4)nc3c2)N2CC(=O)N[C@@H](C)C2)C[C@@H]2C[C@H]1C2(C)C. The van der Waals surface area contributed by atoms with Crippen LogP contribution in [0.25, 0.3) is 10.9 Å². The van der Waals surface area contributed by atoms with Gasteiger partial charge in [0.25, 0.3) is 5.56 Å². The van der Waals surface area contributed by atoms with Crippen LogP contribution in [0.2, 0.25) is 10.0 Å². The molecule has 3 aromatic rings. The number of guanidine groups is 1. The number of hydrogen-bond donors (Lipinski definition) is 3. The Hall–Kier alpha value is -3.83. The summed E-state index contributed by atoms with van der Waals surface area (Å²) in [7, 11) is 0. The van der Waals surface area contributed by atoms with E-state index < -0.39 is 0 Å². The summed E-state index contributed by atoms with van der Waals surface area (Å²) >= 11 is 12.6. The summed E-state index contributed by atoms with van der Waals surface area (Å²) in [6.45, 7) is 12.8. The minimum Gasteiger partial charge on any atom is -0.350 e. The minimum absolute atomic E-state index is 0.0226. The fraction of sp³-hybridized carbons (Fsp3) is 0.541. The van der Waals surface area contributed by atoms with E-state index in [9.17, 15) is 14.4 Å². The highest BCUT2D eigenvalue weighted by Crippen LogP contribution is 2.61. The summed E-state index contributed by atoms with van der Waals surface area (Å²) in [6.07, 6.45) is 2.76. The standard InChI is InChI=1S/C37H46Cl2N8O3/c1-20-16-45(18-32(48)40-20)35(43-30-13-24-12-28(22(30)3)37(24,4)5)42-26-8-9-27-31(15-26)44-36(46-17-21(2)41-33(49)19-46)47(34(27)50)11-10-23-6-7-25(38)14-29(23)39/h6-9,14-15,20-22,24,28,30H,10-13,16-19H2,1-5H3,(H,40,48)(H,41,49)(H,42,43)/t20-,21-,22-,24-,28+,30?/m0/s1. The van der Waals surface area contributed by atoms with Crippen LogP contribution in [0.5, 0.6) is 0 Å². The second kappa shape index (κ2) is 13.4. The van der Waals surface area contributed by atoms with E-state index in [0.717, 1.165) is 17.7 Å². The van der Waals surface area contributed by atoms with E-state index in [1.165, 1.54) is 6.42 Å². The Balaban J connectivity index is 1.25. The lowest BCUT2D eigenvalue weighted by Gasteiger charge is -2.61. The fourth-order valence-corrected chi connectivity index (χ4v) is 9.14. The van der Waals surface area contributed by atoms with Crippen molar-refractivity contribution in [3.63, 3.8) is 0 Å². The number of halogens is 2. The summed E-state index contributed by atoms with van der Waals surface area (Å²) in [5.41, 5.74) is 2.22. The van der Waals surface area contributed by atoms with Crippen LogP contribution < -0.4 is 26.4 Å². The second-order valence-electron chi connectivity index (χ2n) is 15.4. The number of amides is 2. The van der Waals surface area contributed by atoms with Gasteiger partial charge in [-0.05, 0) is 92.2 Å². The van der Waals surface area contributed by atoms with Crippen molar-refractivity contribution in [3.8, 4) is 0 Å². The summed E-state index contributed by atoms with van der Waals surface area (Å²) in [4.78, 5) is 53.8. The van der Waals surface area contributed by atoms with Crippen molar-refractivity contribution in [2.24, 2.45) is 28.2 Å². The zero-order chi connectivity index (χ0) is 35.5. The van der Waals surface area contributed by atoms with Crippen molar-refractivity contribution < 1.29 is 9.59 Å². The van der Waals surface area contributed by atoms with Crippen molar-refractivity contribution in [3.05, 3.63) is 62.4 Å². The molecule has 13 heteroatoms. The van der Waals surface area contributed by atoms with E-state index in [0.29, 0.717) is 82.1 Å². The molecule has 5 aliphatic rings. The van der Waals surface area contributed by atoms with Crippen molar-refractivity contribution >= 4 is 63.5 Å². The van der Waals surface area contributed by atoms with Crippen LogP contribution in [0, 0.1) is 23.2 Å². The van der Waals surface area contributed by atoms with Gasteiger partial charge in [0.05, 0.1) is 30.0 Å². The summed E-state index contributed by atoms with van der Waals surface area (Å²) in [5.74, 6) is 2.62. The van der Waals surface area contributed by atoms with Crippen LogP contribution in [-0.4, -0.2) is 76.5 Å². The molecule has 50 heavy (non-hydrogen) atoms. The lowest BCUT2D eigenvalue weighted by molar-refractivity contribution is -0.124. The summed E-state index contributed by atoms with van der Waals surface area (Å²) in [6, 6.07) is 10.9. The predicted molar refractivity (Wildman–Crippen MR) is 199 cm³/mol. The lowest BCUT2D eigenvalue weighted by Crippen LogP contribution is -2.58. The number of benzene rings is 2. The molecule has 2 amide bonds. The van der Waals surface area contributed by atoms with Gasteiger partial charge in [0.2, 0.25) is 17.8 Å². The normalized spacial score (nSPS) is 27.9. The number of carbonyl (C=O) groups is 2. The Kier molecular flexibility index (Phi) is 9.26. The number of rotatable bonds is 6. The summed E-state index contributed by atoms with van der Waals surface area (Å²) in [5, 5.41) is 11.1. The van der Waals surface area contributed by atoms with Crippen molar-refractivity contribution in [1.29, 1.82) is 0 Å². The predicted octanol–water partition coefficient (Wildman–Crippen LogP) is 4.93. The van der Waals surface area contributed by atoms with Crippen LogP contribution in [0.15, 0.2) is 46.2 Å². The van der Waals surface area contributed by atoms with E-state index in [-0.39, 0.29) is 48.6 Å². The highest BCUT2D eigenvalue weighted by Gasteiger charge is 2.56. The number of carbonyl (C=O) groups excluding carboxylic acids is 2. The highest BCUT2D eigenvalue weighted by atomic mass is 35.5. The number of aromatic nitrogens is 2. The first-order chi connectivity index (χ1) is 23.8. The molecule has 3 heterocycles. The van der Waals surface area contributed by atoms with Crippen LogP contribution in [-0.2, 0) is 22.6 Å². The molecule has 1 aromatic heterocycles. The molecule has 3 saturated carbocycles. The van der Waals surface area contributed by atoms with Gasteiger partial charge in [0.15, 0.2) is 5.96 Å². The van der Waals surface area contributed by atoms with Crippen molar-refractivity contribution in [2.75, 3.05) is 36.4 Å². The molecule has 266 valence electrons. The maximum Gasteiger partial charge on any atom is 0.262 e. The lowest BCUT2D eigenvalue weighted by atomic mass is 9.45. The Morgan fingerprint density at radius 1 is 0.980 bits per heavy atom. The van der Waals surface area contributed by atoms with Gasteiger partial charge in [-0.2, -0.15) is 0 Å². The van der Waals surface area contributed by atoms with Gasteiger partial charge in [-0.1, -0.05) is 50.0 Å². The molecular weight excluding hydrogens is 675 g/mol. The number of piperazine rings is 2. The molecule has 2 bridgehead atoms. The molecule has 6 atom stereocenters. The second-order valence-corrected chi connectivity index (χ2v) is 16.2. The van der Waals surface area contributed by atoms with Crippen molar-refractivity contribution in [2.45, 2.75) is 78.6 Å². The maximum absolute atomic E-state index is 14.2. The van der Waals surface area contributed by atoms with Gasteiger partial charge in [0, 0.05) is 47.5 Å². The first-order valence-electron chi connectivity index (χ1n) is 17.7. The Labute approximate surface area is 302 Å². The first kappa shape index (κ1) is 34.6. The molecular formula is C37H46Cl2N8O3. The van der Waals surface area contributed by atoms with E-state index in [4.69, 9.17) is 33.2 Å². The zero-order valence-electron chi connectivity index (χ0n) is 29.3. The third-order valence-electron chi connectivity index (χ3n) is 11.5. The van der Waals surface area contributed by atoms with Gasteiger partial charge in [-0.3, -0.25) is 19.0 Å². The van der Waals surface area contributed by atoms with E-state index in [1.54, 1.807) is 22.8 Å². The molecule has 11 nitrogen and oxygen atoms in total. The molecule has 0 spiro atoms. The van der Waals surface area contributed by atoms with Crippen LogP contribution in [0.4, 0.5) is 11.6 Å². The van der Waals surface area contributed by atoms with Gasteiger partial charge < -0.3 is 25.8 Å². The van der Waals surface area contributed by atoms with Crippen LogP contribution in [0.3, 0.4) is 0 Å². The number of anilines is 2. The number of nitrogens with zero attached hydrogens (tertiary/aromatic N) is 5. The number of fused-ring (bicyclic) bond motifs is 3. The quantitative estimate of drug-likeness (QED) is 0.244. The molecule has 1 unspecified atom stereocenters. The molecule has 0 radical (unpaired) electrons. The van der Waals surface area contributed by atoms with E-state index >= 15 is 0 Å². The minimum atomic E-state index is -0.200. The maximum atomic E-state index is 14.2. The average Bonchev–Trinajstić information content (AvgIpc) is 3.04. The molecule has 3 N–H and O–H groups in total. The Morgan fingerprint density at radius 2 is 1.72 bits per heavy atom. The Morgan fingerprint density at radius 3 is 2.40 bits per heavy atom. The molecule has 5 fully saturated rings. The zero-order valence-corrected chi connectivity index (χ0v) is 30.8. The fourth-order valence-electron chi connectivity index (χ4n) is 8.64. The Bertz CT molecular complexity index is 1930. The van der Waals surface area contributed by atoms with Crippen LogP contribution >= 0.6 is 23.2 Å². The van der Waals surface area contributed by atoms with Crippen LogP contribution in [0.1, 0.15) is 53.0 Å². The average molecular weight is 722 g/mol. The topological polar surface area (TPSA) is 124 Å².